The molecule has 2 aromatic heterocycles. The van der Waals surface area contributed by atoms with Crippen LogP contribution in [0.25, 0.3) is 22.8 Å². The van der Waals surface area contributed by atoms with E-state index in [1.165, 1.54) is 12.8 Å². The fourth-order valence-electron chi connectivity index (χ4n) is 3.82. The number of ether oxygens (including phenoxy) is 2. The van der Waals surface area contributed by atoms with Crippen LogP contribution in [-0.4, -0.2) is 39.9 Å². The number of benzene rings is 1. The van der Waals surface area contributed by atoms with E-state index in [0.717, 1.165) is 24.1 Å². The summed E-state index contributed by atoms with van der Waals surface area (Å²) in [5, 5.41) is 13.2. The fourth-order valence-corrected chi connectivity index (χ4v) is 4.14. The van der Waals surface area contributed by atoms with Gasteiger partial charge in [-0.25, -0.2) is 9.78 Å². The van der Waals surface area contributed by atoms with Crippen LogP contribution in [0, 0.1) is 6.92 Å². The fraction of sp³-hybridized carbons (Fsp3) is 0.364. The Morgan fingerprint density at radius 3 is 2.65 bits per heavy atom. The van der Waals surface area contributed by atoms with Gasteiger partial charge in [-0.05, 0) is 43.5 Å². The number of rotatable bonds is 7. The molecule has 1 aliphatic carbocycles. The number of hydrogen-bond acceptors (Lipinski definition) is 7. The minimum absolute atomic E-state index is 0.275. The molecular formula is C22H22ClN3O5. The Bertz CT molecular complexity index is 1090. The van der Waals surface area contributed by atoms with Gasteiger partial charge < -0.3 is 19.1 Å². The van der Waals surface area contributed by atoms with Crippen LogP contribution < -0.4 is 9.47 Å². The predicted molar refractivity (Wildman–Crippen MR) is 114 cm³/mol. The first-order valence-corrected chi connectivity index (χ1v) is 10.4. The van der Waals surface area contributed by atoms with Crippen LogP contribution in [0.4, 0.5) is 0 Å². The maximum absolute atomic E-state index is 10.8. The summed E-state index contributed by atoms with van der Waals surface area (Å²) < 4.78 is 16.2. The molecule has 0 spiro atoms. The van der Waals surface area contributed by atoms with Crippen molar-refractivity contribution in [2.24, 2.45) is 0 Å². The van der Waals surface area contributed by atoms with Crippen molar-refractivity contribution in [1.82, 2.24) is 15.1 Å². The second-order valence-electron chi connectivity index (χ2n) is 7.51. The number of hydrogen-bond donors (Lipinski definition) is 1. The number of halogens is 1. The molecule has 1 saturated carbocycles. The Hall–Kier alpha value is -3.13. The third-order valence-corrected chi connectivity index (χ3v) is 5.59. The Morgan fingerprint density at radius 2 is 1.97 bits per heavy atom. The highest BCUT2D eigenvalue weighted by Crippen LogP contribution is 2.37. The summed E-state index contributed by atoms with van der Waals surface area (Å²) in [6, 6.07) is 7.15. The van der Waals surface area contributed by atoms with Crippen molar-refractivity contribution in [3.8, 4) is 34.5 Å². The Balaban J connectivity index is 1.64. The van der Waals surface area contributed by atoms with E-state index in [-0.39, 0.29) is 5.02 Å². The van der Waals surface area contributed by atoms with Crippen molar-refractivity contribution in [2.75, 3.05) is 13.7 Å². The molecular weight excluding hydrogens is 422 g/mol. The van der Waals surface area contributed by atoms with Gasteiger partial charge in [0.05, 0.1) is 12.1 Å². The monoisotopic (exact) mass is 443 g/mol. The van der Waals surface area contributed by atoms with E-state index < -0.39 is 12.6 Å². The smallest absolute Gasteiger partial charge is 0.341 e. The SMILES string of the molecule is COc1cc(-c2nc(-c3cc(C)c(OCC(=O)O)c(Cl)c3)no2)cc(C2CCCC2)n1. The van der Waals surface area contributed by atoms with E-state index in [4.69, 9.17) is 30.7 Å². The highest BCUT2D eigenvalue weighted by molar-refractivity contribution is 6.32. The van der Waals surface area contributed by atoms with Crippen LogP contribution in [0.5, 0.6) is 11.6 Å². The summed E-state index contributed by atoms with van der Waals surface area (Å²) in [5.74, 6) is 0.885. The minimum Gasteiger partial charge on any atom is -0.481 e. The molecule has 1 aromatic carbocycles. The maximum atomic E-state index is 10.8. The van der Waals surface area contributed by atoms with Gasteiger partial charge in [0.1, 0.15) is 5.75 Å². The molecule has 2 heterocycles. The Labute approximate surface area is 184 Å². The molecule has 1 aliphatic rings. The first kappa shape index (κ1) is 21.1. The molecule has 3 aromatic rings. The minimum atomic E-state index is -1.08. The van der Waals surface area contributed by atoms with E-state index in [0.29, 0.717) is 40.4 Å². The van der Waals surface area contributed by atoms with Gasteiger partial charge in [-0.3, -0.25) is 0 Å². The summed E-state index contributed by atoms with van der Waals surface area (Å²) >= 11 is 6.30. The van der Waals surface area contributed by atoms with Crippen molar-refractivity contribution in [2.45, 2.75) is 38.5 Å². The van der Waals surface area contributed by atoms with Crippen molar-refractivity contribution >= 4 is 17.6 Å². The van der Waals surface area contributed by atoms with E-state index in [9.17, 15) is 4.79 Å². The van der Waals surface area contributed by atoms with Crippen LogP contribution in [0.2, 0.25) is 5.02 Å². The zero-order valence-electron chi connectivity index (χ0n) is 17.2. The van der Waals surface area contributed by atoms with Gasteiger partial charge >= 0.3 is 5.97 Å². The second-order valence-corrected chi connectivity index (χ2v) is 7.92. The van der Waals surface area contributed by atoms with Crippen molar-refractivity contribution in [3.63, 3.8) is 0 Å². The predicted octanol–water partition coefficient (Wildman–Crippen LogP) is 4.89. The average Bonchev–Trinajstić information content (AvgIpc) is 3.45. The van der Waals surface area contributed by atoms with Crippen molar-refractivity contribution in [1.29, 1.82) is 0 Å². The Kier molecular flexibility index (Phi) is 6.08. The summed E-state index contributed by atoms with van der Waals surface area (Å²) in [6.07, 6.45) is 4.64. The molecule has 0 aliphatic heterocycles. The van der Waals surface area contributed by atoms with Gasteiger partial charge in [0.2, 0.25) is 11.7 Å². The van der Waals surface area contributed by atoms with Crippen LogP contribution in [-0.2, 0) is 4.79 Å². The maximum Gasteiger partial charge on any atom is 0.341 e. The number of carbonyl (C=O) groups is 1. The lowest BCUT2D eigenvalue weighted by molar-refractivity contribution is -0.139. The third-order valence-electron chi connectivity index (χ3n) is 5.30. The number of carboxylic acids is 1. The van der Waals surface area contributed by atoms with E-state index >= 15 is 0 Å². The molecule has 0 unspecified atom stereocenters. The topological polar surface area (TPSA) is 108 Å². The van der Waals surface area contributed by atoms with Gasteiger partial charge in [0.15, 0.2) is 6.61 Å². The molecule has 0 amide bonds. The van der Waals surface area contributed by atoms with Crippen LogP contribution in [0.3, 0.4) is 0 Å². The lowest BCUT2D eigenvalue weighted by Crippen LogP contribution is -2.10. The highest BCUT2D eigenvalue weighted by atomic mass is 35.5. The molecule has 31 heavy (non-hydrogen) atoms. The number of aliphatic carboxylic acids is 1. The highest BCUT2D eigenvalue weighted by Gasteiger charge is 2.22. The average molecular weight is 444 g/mol. The normalized spacial score (nSPS) is 14.0. The van der Waals surface area contributed by atoms with E-state index in [2.05, 4.69) is 15.1 Å². The van der Waals surface area contributed by atoms with Gasteiger partial charge in [0.25, 0.3) is 5.89 Å². The number of pyridine rings is 1. The molecule has 162 valence electrons. The molecule has 0 saturated heterocycles. The zero-order chi connectivity index (χ0) is 22.0. The molecule has 0 bridgehead atoms. The lowest BCUT2D eigenvalue weighted by atomic mass is 10.0. The Morgan fingerprint density at radius 1 is 1.19 bits per heavy atom. The number of carboxylic acid groups (broad SMARTS) is 1. The van der Waals surface area contributed by atoms with Crippen LogP contribution >= 0.6 is 11.6 Å². The summed E-state index contributed by atoms with van der Waals surface area (Å²) in [5.41, 5.74) is 3.03. The largest absolute Gasteiger partial charge is 0.481 e. The van der Waals surface area contributed by atoms with Gasteiger partial charge in [-0.1, -0.05) is 29.6 Å². The number of aromatic nitrogens is 3. The van der Waals surface area contributed by atoms with Gasteiger partial charge in [-0.2, -0.15) is 4.98 Å². The standard InChI is InChI=1S/C22H22ClN3O5/c1-12-7-14(8-16(23)20(12)30-11-19(27)28)21-25-22(31-26-21)15-9-17(13-5-3-4-6-13)24-18(10-15)29-2/h7-10,13H,3-6,11H2,1-2H3,(H,27,28). The number of methoxy groups -OCH3 is 1. The van der Waals surface area contributed by atoms with Crippen LogP contribution in [0.15, 0.2) is 28.8 Å². The molecule has 0 atom stereocenters. The van der Waals surface area contributed by atoms with E-state index in [1.54, 1.807) is 32.2 Å². The van der Waals surface area contributed by atoms with Gasteiger partial charge in [-0.15, -0.1) is 0 Å². The molecule has 1 N–H and O–H groups in total. The van der Waals surface area contributed by atoms with Crippen molar-refractivity contribution < 1.29 is 23.9 Å². The van der Waals surface area contributed by atoms with Crippen molar-refractivity contribution in [3.05, 3.63) is 40.5 Å². The molecule has 1 fully saturated rings. The number of aryl methyl sites for hydroxylation is 1. The molecule has 8 nitrogen and oxygen atoms in total. The second kappa shape index (κ2) is 8.93. The summed E-state index contributed by atoms with van der Waals surface area (Å²) in [4.78, 5) is 19.9. The quantitative estimate of drug-likeness (QED) is 0.549. The number of nitrogens with zero attached hydrogens (tertiary/aromatic N) is 3. The van der Waals surface area contributed by atoms with E-state index in [1.807, 2.05) is 6.07 Å². The third kappa shape index (κ3) is 4.64. The first-order valence-electron chi connectivity index (χ1n) is 9.99. The molecule has 4 rings (SSSR count). The summed E-state index contributed by atoms with van der Waals surface area (Å²) in [6.45, 7) is 1.30. The molecule has 0 radical (unpaired) electrons. The van der Waals surface area contributed by atoms with Crippen LogP contribution in [0.1, 0.15) is 42.9 Å². The molecule has 9 heteroatoms. The summed E-state index contributed by atoms with van der Waals surface area (Å²) in [7, 11) is 1.59. The first-order chi connectivity index (χ1) is 14.9. The lowest BCUT2D eigenvalue weighted by Gasteiger charge is -2.11. The van der Waals surface area contributed by atoms with Gasteiger partial charge in [0, 0.05) is 28.8 Å². The zero-order valence-corrected chi connectivity index (χ0v) is 18.0.